The second kappa shape index (κ2) is 7.17. The number of carbonyl (C=O) groups excluding carboxylic acids is 1. The van der Waals surface area contributed by atoms with Gasteiger partial charge in [-0.25, -0.2) is 4.98 Å². The average Bonchev–Trinajstić information content (AvgIpc) is 3.12. The summed E-state index contributed by atoms with van der Waals surface area (Å²) < 4.78 is 0. The van der Waals surface area contributed by atoms with Crippen molar-refractivity contribution in [1.29, 1.82) is 0 Å². The summed E-state index contributed by atoms with van der Waals surface area (Å²) in [4.78, 5) is 31.3. The van der Waals surface area contributed by atoms with Crippen molar-refractivity contribution in [1.82, 2.24) is 15.3 Å². The molecule has 0 unspecified atom stereocenters. The van der Waals surface area contributed by atoms with Gasteiger partial charge in [-0.1, -0.05) is 19.3 Å². The lowest BCUT2D eigenvalue weighted by atomic mass is 9.95. The number of aromatic amines is 1. The Morgan fingerprint density at radius 2 is 2.12 bits per heavy atom. The third kappa shape index (κ3) is 3.67. The highest BCUT2D eigenvalue weighted by Crippen LogP contribution is 2.25. The van der Waals surface area contributed by atoms with Crippen LogP contribution >= 0.6 is 11.3 Å². The highest BCUT2D eigenvalue weighted by molar-refractivity contribution is 7.09. The maximum absolute atomic E-state index is 12.5. The van der Waals surface area contributed by atoms with E-state index in [1.165, 1.54) is 0 Å². The summed E-state index contributed by atoms with van der Waals surface area (Å²) in [6, 6.07) is 1.45. The molecular formula is C17H21N3O3S. The van der Waals surface area contributed by atoms with Gasteiger partial charge in [-0.3, -0.25) is 9.59 Å². The minimum Gasteiger partial charge on any atom is -0.481 e. The van der Waals surface area contributed by atoms with E-state index in [9.17, 15) is 14.7 Å². The third-order valence-electron chi connectivity index (χ3n) is 4.49. The van der Waals surface area contributed by atoms with E-state index in [1.807, 2.05) is 12.3 Å². The molecule has 0 aliphatic heterocycles. The van der Waals surface area contributed by atoms with E-state index in [0.717, 1.165) is 35.5 Å². The largest absolute Gasteiger partial charge is 0.481 e. The molecule has 7 heteroatoms. The second-order valence-corrected chi connectivity index (χ2v) is 7.28. The van der Waals surface area contributed by atoms with Crippen molar-refractivity contribution in [3.63, 3.8) is 0 Å². The number of amides is 1. The molecular weight excluding hydrogens is 326 g/mol. The highest BCUT2D eigenvalue weighted by atomic mass is 32.1. The molecule has 1 amide bonds. The molecule has 0 radical (unpaired) electrons. The quantitative estimate of drug-likeness (QED) is 0.740. The standard InChI is InChI=1S/C17H21N3O3S/c1-10-19-15(9-24-10)11-7-14(18-8-11)16(21)20-13-6-4-2-3-5-12(13)17(22)23/h7-9,12-13,18H,2-6H2,1H3,(H,20,21)(H,22,23)/t12-,13+/m1/s1. The van der Waals surface area contributed by atoms with Gasteiger partial charge in [0, 0.05) is 23.2 Å². The molecule has 3 N–H and O–H groups in total. The number of hydrogen-bond donors (Lipinski definition) is 3. The lowest BCUT2D eigenvalue weighted by Gasteiger charge is -2.22. The number of nitrogens with zero attached hydrogens (tertiary/aromatic N) is 1. The molecule has 0 bridgehead atoms. The number of thiazole rings is 1. The van der Waals surface area contributed by atoms with E-state index in [4.69, 9.17) is 0 Å². The van der Waals surface area contributed by atoms with Crippen LogP contribution in [0.5, 0.6) is 0 Å². The summed E-state index contributed by atoms with van der Waals surface area (Å²) >= 11 is 1.56. The van der Waals surface area contributed by atoms with Gasteiger partial charge in [0.05, 0.1) is 16.6 Å². The Hall–Kier alpha value is -2.15. The van der Waals surface area contributed by atoms with Gasteiger partial charge in [-0.15, -0.1) is 11.3 Å². The summed E-state index contributed by atoms with van der Waals surface area (Å²) in [5, 5.41) is 15.2. The SMILES string of the molecule is Cc1nc(-c2c[nH]c(C(=O)N[C@H]3CCCCC[C@H]3C(=O)O)c2)cs1. The molecule has 0 saturated heterocycles. The Kier molecular flexibility index (Phi) is 4.99. The van der Waals surface area contributed by atoms with Crippen LogP contribution in [-0.4, -0.2) is 33.0 Å². The fraction of sp³-hybridized carbons (Fsp3) is 0.471. The van der Waals surface area contributed by atoms with E-state index in [1.54, 1.807) is 23.6 Å². The summed E-state index contributed by atoms with van der Waals surface area (Å²) in [5.41, 5.74) is 2.13. The monoisotopic (exact) mass is 347 g/mol. The predicted molar refractivity (Wildman–Crippen MR) is 92.1 cm³/mol. The molecule has 0 aromatic carbocycles. The van der Waals surface area contributed by atoms with Crippen LogP contribution in [0.15, 0.2) is 17.6 Å². The van der Waals surface area contributed by atoms with E-state index < -0.39 is 11.9 Å². The maximum atomic E-state index is 12.5. The molecule has 1 aliphatic rings. The van der Waals surface area contributed by atoms with Crippen molar-refractivity contribution in [3.8, 4) is 11.3 Å². The molecule has 128 valence electrons. The predicted octanol–water partition coefficient (Wildman–Crippen LogP) is 3.21. The van der Waals surface area contributed by atoms with Crippen molar-refractivity contribution in [3.05, 3.63) is 28.3 Å². The number of aliphatic carboxylic acids is 1. The third-order valence-corrected chi connectivity index (χ3v) is 5.27. The molecule has 6 nitrogen and oxygen atoms in total. The Balaban J connectivity index is 1.72. The molecule has 0 spiro atoms. The number of H-pyrrole nitrogens is 1. The van der Waals surface area contributed by atoms with E-state index in [2.05, 4.69) is 15.3 Å². The zero-order valence-electron chi connectivity index (χ0n) is 13.5. The minimum absolute atomic E-state index is 0.258. The Morgan fingerprint density at radius 1 is 1.33 bits per heavy atom. The smallest absolute Gasteiger partial charge is 0.308 e. The number of aryl methyl sites for hydroxylation is 1. The number of carbonyl (C=O) groups is 2. The van der Waals surface area contributed by atoms with E-state index >= 15 is 0 Å². The molecule has 3 rings (SSSR count). The topological polar surface area (TPSA) is 95.1 Å². The van der Waals surface area contributed by atoms with Crippen LogP contribution in [-0.2, 0) is 4.79 Å². The van der Waals surface area contributed by atoms with Crippen molar-refractivity contribution < 1.29 is 14.7 Å². The summed E-state index contributed by atoms with van der Waals surface area (Å²) in [6.07, 6.45) is 5.95. The van der Waals surface area contributed by atoms with Crippen LogP contribution in [0.2, 0.25) is 0 Å². The van der Waals surface area contributed by atoms with Gasteiger partial charge in [0.25, 0.3) is 5.91 Å². The number of nitrogens with one attached hydrogen (secondary N) is 2. The van der Waals surface area contributed by atoms with E-state index in [0.29, 0.717) is 18.5 Å². The lowest BCUT2D eigenvalue weighted by Crippen LogP contribution is -2.42. The number of aromatic nitrogens is 2. The second-order valence-electron chi connectivity index (χ2n) is 6.22. The van der Waals surface area contributed by atoms with Crippen molar-refractivity contribution in [2.45, 2.75) is 45.1 Å². The average molecular weight is 347 g/mol. The normalized spacial score (nSPS) is 21.2. The summed E-state index contributed by atoms with van der Waals surface area (Å²) in [7, 11) is 0. The molecule has 1 fully saturated rings. The first-order chi connectivity index (χ1) is 11.5. The Morgan fingerprint density at radius 3 is 2.83 bits per heavy atom. The summed E-state index contributed by atoms with van der Waals surface area (Å²) in [5.74, 6) is -1.59. The van der Waals surface area contributed by atoms with Crippen molar-refractivity contribution in [2.24, 2.45) is 5.92 Å². The van der Waals surface area contributed by atoms with Gasteiger partial charge in [0.2, 0.25) is 0 Å². The van der Waals surface area contributed by atoms with Crippen molar-refractivity contribution >= 4 is 23.2 Å². The number of carboxylic acid groups (broad SMARTS) is 1. The number of rotatable bonds is 4. The van der Waals surface area contributed by atoms with Crippen LogP contribution in [0.25, 0.3) is 11.3 Å². The van der Waals surface area contributed by atoms with E-state index in [-0.39, 0.29) is 11.9 Å². The molecule has 2 aromatic heterocycles. The molecule has 1 saturated carbocycles. The molecule has 2 atom stereocenters. The Bertz CT molecular complexity index is 737. The van der Waals surface area contributed by atoms with Gasteiger partial charge < -0.3 is 15.4 Å². The fourth-order valence-corrected chi connectivity index (χ4v) is 3.81. The zero-order chi connectivity index (χ0) is 17.1. The molecule has 1 aliphatic carbocycles. The first kappa shape index (κ1) is 16.7. The minimum atomic E-state index is -0.827. The van der Waals surface area contributed by atoms with Gasteiger partial charge in [-0.05, 0) is 25.8 Å². The van der Waals surface area contributed by atoms with Crippen LogP contribution < -0.4 is 5.32 Å². The highest BCUT2D eigenvalue weighted by Gasteiger charge is 2.31. The number of carboxylic acids is 1. The first-order valence-corrected chi connectivity index (χ1v) is 9.07. The summed E-state index contributed by atoms with van der Waals surface area (Å²) in [6.45, 7) is 1.94. The Labute approximate surface area is 144 Å². The van der Waals surface area contributed by atoms with Gasteiger partial charge >= 0.3 is 5.97 Å². The first-order valence-electron chi connectivity index (χ1n) is 8.19. The van der Waals surface area contributed by atoms with Crippen LogP contribution in [0.3, 0.4) is 0 Å². The molecule has 2 aromatic rings. The van der Waals surface area contributed by atoms with Gasteiger partial charge in [0.15, 0.2) is 0 Å². The van der Waals surface area contributed by atoms with Gasteiger partial charge in [0.1, 0.15) is 5.69 Å². The molecule has 24 heavy (non-hydrogen) atoms. The van der Waals surface area contributed by atoms with Gasteiger partial charge in [-0.2, -0.15) is 0 Å². The van der Waals surface area contributed by atoms with Crippen molar-refractivity contribution in [2.75, 3.05) is 0 Å². The molecule has 2 heterocycles. The zero-order valence-corrected chi connectivity index (χ0v) is 14.4. The van der Waals surface area contributed by atoms with Crippen LogP contribution in [0, 0.1) is 12.8 Å². The van der Waals surface area contributed by atoms with Crippen LogP contribution in [0.4, 0.5) is 0 Å². The lowest BCUT2D eigenvalue weighted by molar-refractivity contribution is -0.142. The van der Waals surface area contributed by atoms with Crippen LogP contribution in [0.1, 0.15) is 47.6 Å². The fourth-order valence-electron chi connectivity index (χ4n) is 3.19. The maximum Gasteiger partial charge on any atom is 0.308 e. The number of hydrogen-bond acceptors (Lipinski definition) is 4.